The van der Waals surface area contributed by atoms with Gasteiger partial charge in [-0.1, -0.05) is 48.0 Å². The van der Waals surface area contributed by atoms with Crippen molar-refractivity contribution in [1.82, 2.24) is 15.3 Å². The van der Waals surface area contributed by atoms with Crippen molar-refractivity contribution in [1.29, 1.82) is 0 Å². The summed E-state index contributed by atoms with van der Waals surface area (Å²) in [4.78, 5) is 31.1. The summed E-state index contributed by atoms with van der Waals surface area (Å²) in [6, 6.07) is 15.0. The van der Waals surface area contributed by atoms with Crippen molar-refractivity contribution in [2.24, 2.45) is 0 Å². The van der Waals surface area contributed by atoms with E-state index in [4.69, 9.17) is 11.6 Å². The summed E-state index contributed by atoms with van der Waals surface area (Å²) in [5.41, 5.74) is 3.87. The highest BCUT2D eigenvalue weighted by atomic mass is 35.5. The van der Waals surface area contributed by atoms with Gasteiger partial charge in [0, 0.05) is 29.8 Å². The molecule has 29 heavy (non-hydrogen) atoms. The van der Waals surface area contributed by atoms with E-state index in [0.29, 0.717) is 22.4 Å². The number of nitrogens with zero attached hydrogens (tertiary/aromatic N) is 1. The van der Waals surface area contributed by atoms with Crippen molar-refractivity contribution in [3.63, 3.8) is 0 Å². The van der Waals surface area contributed by atoms with E-state index in [1.165, 1.54) is 18.3 Å². The topological polar surface area (TPSA) is 86.9 Å². The third-order valence-corrected chi connectivity index (χ3v) is 5.44. The molecule has 0 spiro atoms. The van der Waals surface area contributed by atoms with E-state index in [9.17, 15) is 9.59 Å². The number of halogens is 1. The monoisotopic (exact) mass is 424 g/mol. The number of aromatic nitrogens is 2. The minimum atomic E-state index is -0.274. The molecule has 0 bridgehead atoms. The number of benzene rings is 2. The van der Waals surface area contributed by atoms with E-state index in [-0.39, 0.29) is 11.8 Å². The molecule has 3 N–H and O–H groups in total. The van der Waals surface area contributed by atoms with E-state index >= 15 is 0 Å². The van der Waals surface area contributed by atoms with Gasteiger partial charge in [-0.05, 0) is 17.7 Å². The summed E-state index contributed by atoms with van der Waals surface area (Å²) >= 11 is 7.51. The molecule has 2 aromatic heterocycles. The van der Waals surface area contributed by atoms with Crippen LogP contribution in [0.3, 0.4) is 0 Å². The Bertz CT molecular complexity index is 1200. The van der Waals surface area contributed by atoms with Crippen LogP contribution in [0, 0.1) is 0 Å². The highest BCUT2D eigenvalue weighted by Crippen LogP contribution is 2.27. The lowest BCUT2D eigenvalue weighted by molar-refractivity contribution is -0.119. The molecule has 146 valence electrons. The number of fused-ring (bicyclic) bond motifs is 1. The van der Waals surface area contributed by atoms with Crippen molar-refractivity contribution in [2.45, 2.75) is 13.5 Å². The average Bonchev–Trinajstić information content (AvgIpc) is 3.35. The fraction of sp³-hybridized carbons (Fsp3) is 0.0952. The van der Waals surface area contributed by atoms with Crippen LogP contribution < -0.4 is 10.6 Å². The van der Waals surface area contributed by atoms with Gasteiger partial charge in [0.25, 0.3) is 5.91 Å². The van der Waals surface area contributed by atoms with Crippen molar-refractivity contribution in [2.75, 3.05) is 5.32 Å². The lowest BCUT2D eigenvalue weighted by Crippen LogP contribution is -2.18. The number of amides is 2. The van der Waals surface area contributed by atoms with Crippen molar-refractivity contribution in [3.05, 3.63) is 70.2 Å². The van der Waals surface area contributed by atoms with Crippen LogP contribution in [0.1, 0.15) is 23.0 Å². The Morgan fingerprint density at radius 3 is 2.69 bits per heavy atom. The van der Waals surface area contributed by atoms with Crippen LogP contribution in [0.4, 0.5) is 5.13 Å². The molecule has 0 saturated carbocycles. The summed E-state index contributed by atoms with van der Waals surface area (Å²) in [6.07, 6.45) is 0. The standard InChI is InChI=1S/C21H17ClN4O2S/c1-12(27)23-10-13-5-7-14(8-6-13)18-11-29-21(25-18)26-20(28)17-9-15-3-2-4-16(22)19(15)24-17/h2-9,11,24H,10H2,1H3,(H,23,27)(H,25,26,28). The van der Waals surface area contributed by atoms with E-state index in [2.05, 4.69) is 20.6 Å². The number of rotatable bonds is 5. The predicted octanol–water partition coefficient (Wildman–Crippen LogP) is 4.83. The Labute approximate surface area is 175 Å². The third kappa shape index (κ3) is 4.31. The van der Waals surface area contributed by atoms with Crippen LogP contribution in [-0.2, 0) is 11.3 Å². The van der Waals surface area contributed by atoms with Gasteiger partial charge in [0.2, 0.25) is 5.91 Å². The first kappa shape index (κ1) is 19.2. The maximum atomic E-state index is 12.6. The lowest BCUT2D eigenvalue weighted by atomic mass is 10.1. The third-order valence-electron chi connectivity index (χ3n) is 4.37. The highest BCUT2D eigenvalue weighted by Gasteiger charge is 2.13. The van der Waals surface area contributed by atoms with Crippen LogP contribution in [0.15, 0.2) is 53.9 Å². The van der Waals surface area contributed by atoms with E-state index in [0.717, 1.165) is 27.7 Å². The van der Waals surface area contributed by atoms with E-state index in [1.807, 2.05) is 41.8 Å². The summed E-state index contributed by atoms with van der Waals surface area (Å²) in [5, 5.41) is 9.43. The Morgan fingerprint density at radius 2 is 1.97 bits per heavy atom. The van der Waals surface area contributed by atoms with Crippen LogP contribution >= 0.6 is 22.9 Å². The van der Waals surface area contributed by atoms with Gasteiger partial charge in [0.1, 0.15) is 5.69 Å². The Hall–Kier alpha value is -3.16. The second-order valence-corrected chi connectivity index (χ2v) is 7.75. The number of H-pyrrole nitrogens is 1. The molecule has 0 saturated heterocycles. The molecule has 6 nitrogen and oxygen atoms in total. The molecule has 0 radical (unpaired) electrons. The van der Waals surface area contributed by atoms with Gasteiger partial charge in [-0.2, -0.15) is 0 Å². The zero-order valence-corrected chi connectivity index (χ0v) is 17.0. The molecule has 0 aliphatic rings. The van der Waals surface area contributed by atoms with Crippen LogP contribution in [0.2, 0.25) is 5.02 Å². The molecule has 0 atom stereocenters. The molecule has 2 heterocycles. The van der Waals surface area contributed by atoms with Gasteiger partial charge in [-0.25, -0.2) is 4.98 Å². The molecule has 2 amide bonds. The number of hydrogen-bond acceptors (Lipinski definition) is 4. The zero-order valence-electron chi connectivity index (χ0n) is 15.5. The fourth-order valence-electron chi connectivity index (χ4n) is 2.89. The summed E-state index contributed by atoms with van der Waals surface area (Å²) in [6.45, 7) is 1.98. The maximum absolute atomic E-state index is 12.6. The first-order valence-electron chi connectivity index (χ1n) is 8.87. The van der Waals surface area contributed by atoms with E-state index < -0.39 is 0 Å². The van der Waals surface area contributed by atoms with Gasteiger partial charge in [0.15, 0.2) is 5.13 Å². The summed E-state index contributed by atoms with van der Waals surface area (Å²) in [7, 11) is 0. The van der Waals surface area contributed by atoms with Gasteiger partial charge >= 0.3 is 0 Å². The number of aromatic amines is 1. The molecule has 2 aromatic carbocycles. The Kier molecular flexibility index (Phi) is 5.33. The Morgan fingerprint density at radius 1 is 1.17 bits per heavy atom. The summed E-state index contributed by atoms with van der Waals surface area (Å²) < 4.78 is 0. The van der Waals surface area contributed by atoms with Gasteiger partial charge < -0.3 is 10.3 Å². The summed E-state index contributed by atoms with van der Waals surface area (Å²) in [5.74, 6) is -0.338. The second kappa shape index (κ2) is 8.06. The SMILES string of the molecule is CC(=O)NCc1ccc(-c2csc(NC(=O)c3cc4cccc(Cl)c4[nH]3)n2)cc1. The minimum Gasteiger partial charge on any atom is -0.352 e. The number of hydrogen-bond donors (Lipinski definition) is 3. The average molecular weight is 425 g/mol. The lowest BCUT2D eigenvalue weighted by Gasteiger charge is -2.03. The van der Waals surface area contributed by atoms with Crippen molar-refractivity contribution in [3.8, 4) is 11.3 Å². The molecule has 4 rings (SSSR count). The first-order chi connectivity index (χ1) is 14.0. The second-order valence-electron chi connectivity index (χ2n) is 6.49. The van der Waals surface area contributed by atoms with Crippen molar-refractivity contribution >= 4 is 50.8 Å². The number of nitrogens with one attached hydrogen (secondary N) is 3. The number of carbonyl (C=O) groups excluding carboxylic acids is 2. The molecule has 0 fully saturated rings. The van der Waals surface area contributed by atoms with Gasteiger partial charge in [0.05, 0.1) is 16.2 Å². The Balaban J connectivity index is 1.46. The molecule has 8 heteroatoms. The predicted molar refractivity (Wildman–Crippen MR) is 116 cm³/mol. The molecule has 0 unspecified atom stereocenters. The van der Waals surface area contributed by atoms with Gasteiger partial charge in [-0.3, -0.25) is 14.9 Å². The first-order valence-corrected chi connectivity index (χ1v) is 10.1. The van der Waals surface area contributed by atoms with E-state index in [1.54, 1.807) is 12.1 Å². The number of anilines is 1. The van der Waals surface area contributed by atoms with Crippen LogP contribution in [0.25, 0.3) is 22.2 Å². The molecule has 0 aliphatic carbocycles. The highest BCUT2D eigenvalue weighted by molar-refractivity contribution is 7.14. The number of para-hydroxylation sites is 1. The number of carbonyl (C=O) groups is 2. The molecule has 4 aromatic rings. The molecular weight excluding hydrogens is 408 g/mol. The fourth-order valence-corrected chi connectivity index (χ4v) is 3.83. The largest absolute Gasteiger partial charge is 0.352 e. The van der Waals surface area contributed by atoms with Crippen LogP contribution in [0.5, 0.6) is 0 Å². The van der Waals surface area contributed by atoms with Gasteiger partial charge in [-0.15, -0.1) is 11.3 Å². The zero-order chi connectivity index (χ0) is 20.4. The minimum absolute atomic E-state index is 0.0637. The van der Waals surface area contributed by atoms with Crippen molar-refractivity contribution < 1.29 is 9.59 Å². The normalized spacial score (nSPS) is 10.8. The number of thiazole rings is 1. The maximum Gasteiger partial charge on any atom is 0.273 e. The smallest absolute Gasteiger partial charge is 0.273 e. The molecular formula is C21H17ClN4O2S. The molecule has 0 aliphatic heterocycles. The van der Waals surface area contributed by atoms with Crippen LogP contribution in [-0.4, -0.2) is 21.8 Å². The quantitative estimate of drug-likeness (QED) is 0.428.